The van der Waals surface area contributed by atoms with E-state index >= 15 is 0 Å². The maximum Gasteiger partial charge on any atom is 0.311 e. The molecule has 1 atom stereocenters. The Balaban J connectivity index is 2.67. The van der Waals surface area contributed by atoms with Crippen LogP contribution in [0.2, 0.25) is 51.4 Å². The molecule has 0 radical (unpaired) electrons. The van der Waals surface area contributed by atoms with E-state index in [4.69, 9.17) is 17.7 Å². The molecule has 0 aliphatic carbocycles. The Morgan fingerprint density at radius 3 is 1.76 bits per heavy atom. The molecule has 0 spiro atoms. The Hall–Kier alpha value is 0.331. The van der Waals surface area contributed by atoms with Gasteiger partial charge in [0.2, 0.25) is 0 Å². The third kappa shape index (κ3) is 21.1. The SMILES string of the molecule is CN1CC[N+](C)(C)CCCOCCCCCCC[Si](C)(C)O[Si](C)(C)O[Si](C)(C)CCCOCC(O)C[N+](C)(C)CC1. The van der Waals surface area contributed by atoms with E-state index in [0.717, 1.165) is 73.8 Å². The molecule has 1 aliphatic rings. The minimum atomic E-state index is -2.19. The Labute approximate surface area is 264 Å². The Bertz CT molecular complexity index is 726. The van der Waals surface area contributed by atoms with Crippen molar-refractivity contribution in [2.75, 3.05) is 101 Å². The van der Waals surface area contributed by atoms with E-state index < -0.39 is 31.3 Å². The van der Waals surface area contributed by atoms with Crippen LogP contribution in [0.15, 0.2) is 0 Å². The summed E-state index contributed by atoms with van der Waals surface area (Å²) in [5.41, 5.74) is 0. The highest BCUT2D eigenvalue weighted by atomic mass is 28.5. The molecule has 1 aliphatic heterocycles. The van der Waals surface area contributed by atoms with Gasteiger partial charge in [0.1, 0.15) is 12.6 Å². The van der Waals surface area contributed by atoms with Gasteiger partial charge < -0.3 is 31.8 Å². The van der Waals surface area contributed by atoms with E-state index in [1.165, 1.54) is 38.1 Å². The lowest BCUT2D eigenvalue weighted by Crippen LogP contribution is -2.52. The van der Waals surface area contributed by atoms with Gasteiger partial charge in [-0.05, 0) is 71.3 Å². The molecule has 1 saturated heterocycles. The zero-order valence-electron chi connectivity index (χ0n) is 29.9. The van der Waals surface area contributed by atoms with Gasteiger partial charge in [0.05, 0.1) is 61.0 Å². The highest BCUT2D eigenvalue weighted by Crippen LogP contribution is 2.26. The summed E-state index contributed by atoms with van der Waals surface area (Å²) in [6.45, 7) is 22.8. The molecule has 0 bridgehead atoms. The zero-order valence-corrected chi connectivity index (χ0v) is 32.9. The first-order valence-electron chi connectivity index (χ1n) is 16.9. The van der Waals surface area contributed by atoms with Crippen molar-refractivity contribution in [2.45, 2.75) is 102 Å². The van der Waals surface area contributed by atoms with Crippen LogP contribution < -0.4 is 0 Å². The number of likely N-dealkylation sites (N-methyl/N-ethyl adjacent to an activating group) is 3. The van der Waals surface area contributed by atoms with E-state index in [2.05, 4.69) is 79.4 Å². The van der Waals surface area contributed by atoms with Crippen molar-refractivity contribution in [3.05, 3.63) is 0 Å². The normalized spacial score (nSPS) is 29.3. The third-order valence-electron chi connectivity index (χ3n) is 8.42. The van der Waals surface area contributed by atoms with Gasteiger partial charge in [0, 0.05) is 32.7 Å². The second-order valence-corrected chi connectivity index (χ2v) is 28.4. The predicted molar refractivity (Wildman–Crippen MR) is 185 cm³/mol. The minimum absolute atomic E-state index is 0.402. The molecule has 0 aromatic rings. The number of ether oxygens (including phenoxy) is 2. The molecule has 0 aromatic carbocycles. The van der Waals surface area contributed by atoms with Crippen molar-refractivity contribution in [1.82, 2.24) is 4.90 Å². The van der Waals surface area contributed by atoms with E-state index in [1.807, 2.05) is 0 Å². The van der Waals surface area contributed by atoms with Crippen LogP contribution in [0.25, 0.3) is 0 Å². The van der Waals surface area contributed by atoms with Crippen molar-refractivity contribution >= 4 is 25.2 Å². The van der Waals surface area contributed by atoms with Gasteiger partial charge in [-0.15, -0.1) is 0 Å². The van der Waals surface area contributed by atoms with Crippen LogP contribution in [0.5, 0.6) is 0 Å². The first-order valence-corrected chi connectivity index (χ1v) is 25.9. The fourth-order valence-corrected chi connectivity index (χ4v) is 20.2. The lowest BCUT2D eigenvalue weighted by molar-refractivity contribution is -0.894. The van der Waals surface area contributed by atoms with Crippen LogP contribution in [-0.4, -0.2) is 151 Å². The van der Waals surface area contributed by atoms with Crippen LogP contribution in [0.1, 0.15) is 44.9 Å². The van der Waals surface area contributed by atoms with Gasteiger partial charge >= 0.3 is 8.56 Å². The molecule has 1 unspecified atom stereocenters. The van der Waals surface area contributed by atoms with Gasteiger partial charge in [0.15, 0.2) is 16.6 Å². The van der Waals surface area contributed by atoms with Crippen molar-refractivity contribution < 1.29 is 31.8 Å². The minimum Gasteiger partial charge on any atom is -0.437 e. The lowest BCUT2D eigenvalue weighted by atomic mass is 10.2. The molecule has 1 rings (SSSR count). The lowest BCUT2D eigenvalue weighted by Gasteiger charge is -2.39. The van der Waals surface area contributed by atoms with Gasteiger partial charge in [-0.2, -0.15) is 0 Å². The summed E-state index contributed by atoms with van der Waals surface area (Å²) >= 11 is 0. The fraction of sp³-hybridized carbons (Fsp3) is 1.00. The molecular formula is C31H73N3O5Si3+2. The monoisotopic (exact) mass is 651 g/mol. The van der Waals surface area contributed by atoms with Crippen molar-refractivity contribution in [1.29, 1.82) is 0 Å². The number of hydrogen-bond acceptors (Lipinski definition) is 6. The fourth-order valence-electron chi connectivity index (χ4n) is 6.08. The Morgan fingerprint density at radius 1 is 0.619 bits per heavy atom. The van der Waals surface area contributed by atoms with E-state index in [0.29, 0.717) is 19.8 Å². The van der Waals surface area contributed by atoms with E-state index in [-0.39, 0.29) is 0 Å². The van der Waals surface area contributed by atoms with E-state index in [1.54, 1.807) is 0 Å². The van der Waals surface area contributed by atoms with E-state index in [9.17, 15) is 5.11 Å². The summed E-state index contributed by atoms with van der Waals surface area (Å²) < 4.78 is 27.3. The third-order valence-corrected chi connectivity index (χ3v) is 19.9. The average Bonchev–Trinajstić information content (AvgIpc) is 2.82. The summed E-state index contributed by atoms with van der Waals surface area (Å²) in [5, 5.41) is 10.7. The van der Waals surface area contributed by atoms with Crippen LogP contribution in [0, 0.1) is 0 Å². The van der Waals surface area contributed by atoms with Crippen LogP contribution >= 0.6 is 0 Å². The molecular weight excluding hydrogens is 579 g/mol. The van der Waals surface area contributed by atoms with Gasteiger partial charge in [-0.3, -0.25) is 4.90 Å². The number of hydrogen-bond donors (Lipinski definition) is 1. The zero-order chi connectivity index (χ0) is 31.9. The number of aliphatic hydroxyl groups is 1. The largest absolute Gasteiger partial charge is 0.437 e. The topological polar surface area (TPSA) is 60.4 Å². The number of aliphatic hydroxyl groups excluding tert-OH is 1. The second-order valence-electron chi connectivity index (χ2n) is 16.0. The van der Waals surface area contributed by atoms with Crippen molar-refractivity contribution in [3.8, 4) is 0 Å². The predicted octanol–water partition coefficient (Wildman–Crippen LogP) is 5.35. The molecule has 8 nitrogen and oxygen atoms in total. The molecule has 1 heterocycles. The van der Waals surface area contributed by atoms with Crippen molar-refractivity contribution in [2.24, 2.45) is 0 Å². The Morgan fingerprint density at radius 2 is 1.12 bits per heavy atom. The molecule has 0 amide bonds. The van der Waals surface area contributed by atoms with Crippen LogP contribution in [0.3, 0.4) is 0 Å². The van der Waals surface area contributed by atoms with Gasteiger partial charge in [-0.1, -0.05) is 25.7 Å². The first kappa shape index (κ1) is 40.4. The Kier molecular flexibility index (Phi) is 18.3. The average molecular weight is 652 g/mol. The van der Waals surface area contributed by atoms with Crippen molar-refractivity contribution in [3.63, 3.8) is 0 Å². The molecule has 1 N–H and O–H groups in total. The number of rotatable bonds is 0. The summed E-state index contributed by atoms with van der Waals surface area (Å²) in [5.74, 6) is 0. The molecule has 11 heteroatoms. The molecule has 1 fully saturated rings. The van der Waals surface area contributed by atoms with Crippen LogP contribution in [-0.2, 0) is 17.7 Å². The van der Waals surface area contributed by atoms with Gasteiger partial charge in [-0.25, -0.2) is 0 Å². The van der Waals surface area contributed by atoms with Gasteiger partial charge in [0.25, 0.3) is 0 Å². The number of nitrogens with zero attached hydrogens (tertiary/aromatic N) is 3. The summed E-state index contributed by atoms with van der Waals surface area (Å²) in [4.78, 5) is 2.44. The molecule has 0 aromatic heterocycles. The molecule has 252 valence electrons. The molecule has 0 saturated carbocycles. The summed E-state index contributed by atoms with van der Waals surface area (Å²) in [6.07, 6.45) is 7.90. The maximum absolute atomic E-state index is 10.7. The smallest absolute Gasteiger partial charge is 0.311 e. The second kappa shape index (κ2) is 19.1. The molecule has 42 heavy (non-hydrogen) atoms. The highest BCUT2D eigenvalue weighted by Gasteiger charge is 2.39. The number of quaternary nitrogens is 2. The summed E-state index contributed by atoms with van der Waals surface area (Å²) in [7, 11) is 5.52. The highest BCUT2D eigenvalue weighted by molar-refractivity contribution is 6.87. The summed E-state index contributed by atoms with van der Waals surface area (Å²) in [6, 6.07) is 2.26. The van der Waals surface area contributed by atoms with Crippen LogP contribution in [0.4, 0.5) is 0 Å². The maximum atomic E-state index is 10.7. The quantitative estimate of drug-likeness (QED) is 0.282. The first-order chi connectivity index (χ1) is 19.3. The standard InChI is InChI=1S/C31H73N3O5Si3/c1-32-19-22-33(2,3)21-17-25-36-24-15-13-12-14-16-27-40(6,7)38-42(10,11)39-41(8,9)28-18-26-37-30-31(35)29-34(4,5)23-20-32/h31,35H,12-30H2,1-11H3/q+2.